The van der Waals surface area contributed by atoms with Crippen molar-refractivity contribution in [2.45, 2.75) is 6.92 Å². The minimum Gasteiger partial charge on any atom is -0.422 e. The fraction of sp³-hybridized carbons (Fsp3) is 0.0625. The Morgan fingerprint density at radius 3 is 2.60 bits per heavy atom. The minimum absolute atomic E-state index is 0.250. The topological polar surface area (TPSA) is 26.3 Å². The van der Waals surface area contributed by atoms with Gasteiger partial charge in [0.25, 0.3) is 0 Å². The van der Waals surface area contributed by atoms with Crippen molar-refractivity contribution in [2.24, 2.45) is 0 Å². The Morgan fingerprint density at radius 2 is 2.00 bits per heavy atom. The molecule has 102 valence electrons. The predicted molar refractivity (Wildman–Crippen MR) is 80.8 cm³/mol. The van der Waals surface area contributed by atoms with E-state index in [0.717, 1.165) is 5.56 Å². The van der Waals surface area contributed by atoms with Crippen LogP contribution in [0.15, 0.2) is 65.0 Å². The second kappa shape index (κ2) is 6.01. The molecule has 0 fully saturated rings. The second-order valence-electron chi connectivity index (χ2n) is 4.13. The lowest BCUT2D eigenvalue weighted by Crippen LogP contribution is -1.92. The van der Waals surface area contributed by atoms with E-state index < -0.39 is 5.83 Å². The quantitative estimate of drug-likeness (QED) is 0.580. The van der Waals surface area contributed by atoms with Crippen LogP contribution in [0.1, 0.15) is 22.8 Å². The molecule has 1 heterocycles. The molecule has 1 aromatic rings. The molecule has 2 nitrogen and oxygen atoms in total. The third-order valence-electron chi connectivity index (χ3n) is 2.80. The highest BCUT2D eigenvalue weighted by Crippen LogP contribution is 2.31. The van der Waals surface area contributed by atoms with Crippen LogP contribution in [0, 0.1) is 0 Å². The summed E-state index contributed by atoms with van der Waals surface area (Å²) in [6.07, 6.45) is 5.05. The first-order valence-corrected chi connectivity index (χ1v) is 6.73. The summed E-state index contributed by atoms with van der Waals surface area (Å²) >= 11 is 3.09. The fourth-order valence-corrected chi connectivity index (χ4v) is 2.04. The Kier molecular flexibility index (Phi) is 4.35. The van der Waals surface area contributed by atoms with Crippen molar-refractivity contribution in [3.05, 3.63) is 76.1 Å². The molecule has 0 radical (unpaired) electrons. The minimum atomic E-state index is -0.563. The normalized spacial score (nSPS) is 17.1. The summed E-state index contributed by atoms with van der Waals surface area (Å²) in [5, 5.41) is 0. The van der Waals surface area contributed by atoms with E-state index in [1.54, 1.807) is 30.4 Å². The number of hydrogen-bond acceptors (Lipinski definition) is 2. The summed E-state index contributed by atoms with van der Waals surface area (Å²) in [6.45, 7) is 5.02. The molecule has 0 spiro atoms. The van der Waals surface area contributed by atoms with Crippen molar-refractivity contribution in [2.75, 3.05) is 0 Å². The maximum atomic E-state index is 13.0. The van der Waals surface area contributed by atoms with Crippen LogP contribution in [-0.4, -0.2) is 5.97 Å². The molecule has 0 aromatic heterocycles. The number of halogens is 2. The molecular formula is C16H12BrFO2. The lowest BCUT2D eigenvalue weighted by molar-refractivity contribution is 0.0716. The molecule has 0 amide bonds. The number of benzene rings is 1. The van der Waals surface area contributed by atoms with Crippen LogP contribution < -0.4 is 0 Å². The van der Waals surface area contributed by atoms with Crippen LogP contribution in [0.5, 0.6) is 0 Å². The Labute approximate surface area is 125 Å². The van der Waals surface area contributed by atoms with Crippen molar-refractivity contribution >= 4 is 27.7 Å². The number of hydrogen-bond donors (Lipinski definition) is 0. The average Bonchev–Trinajstić information content (AvgIpc) is 2.75. The predicted octanol–water partition coefficient (Wildman–Crippen LogP) is 4.91. The van der Waals surface area contributed by atoms with Crippen LogP contribution in [0.3, 0.4) is 0 Å². The summed E-state index contributed by atoms with van der Waals surface area (Å²) in [6, 6.07) is 7.14. The summed E-state index contributed by atoms with van der Waals surface area (Å²) in [7, 11) is 0. The van der Waals surface area contributed by atoms with Gasteiger partial charge in [0.15, 0.2) is 0 Å². The number of cyclic esters (lactones) is 1. The van der Waals surface area contributed by atoms with Gasteiger partial charge in [0.05, 0.1) is 10.0 Å². The molecule has 1 aliphatic heterocycles. The van der Waals surface area contributed by atoms with E-state index in [1.807, 2.05) is 19.1 Å². The van der Waals surface area contributed by atoms with Gasteiger partial charge in [0.1, 0.15) is 11.6 Å². The van der Waals surface area contributed by atoms with Gasteiger partial charge in [-0.3, -0.25) is 0 Å². The average molecular weight is 335 g/mol. The van der Waals surface area contributed by atoms with E-state index in [2.05, 4.69) is 22.5 Å². The van der Waals surface area contributed by atoms with Crippen LogP contribution in [0.25, 0.3) is 5.76 Å². The Balaban J connectivity index is 2.40. The zero-order valence-electron chi connectivity index (χ0n) is 10.8. The molecule has 1 aromatic carbocycles. The smallest absolute Gasteiger partial charge is 0.344 e. The first-order valence-electron chi connectivity index (χ1n) is 5.94. The van der Waals surface area contributed by atoms with Gasteiger partial charge in [0, 0.05) is 5.56 Å². The maximum Gasteiger partial charge on any atom is 0.344 e. The lowest BCUT2D eigenvalue weighted by atomic mass is 10.1. The molecule has 0 atom stereocenters. The fourth-order valence-electron chi connectivity index (χ4n) is 1.78. The molecule has 0 N–H and O–H groups in total. The van der Waals surface area contributed by atoms with Gasteiger partial charge in [-0.25, -0.2) is 9.18 Å². The third kappa shape index (κ3) is 2.96. The van der Waals surface area contributed by atoms with Gasteiger partial charge in [-0.05, 0) is 46.6 Å². The molecule has 0 saturated carbocycles. The molecule has 0 bridgehead atoms. The van der Waals surface area contributed by atoms with E-state index in [4.69, 9.17) is 4.74 Å². The van der Waals surface area contributed by atoms with E-state index in [1.165, 1.54) is 0 Å². The van der Waals surface area contributed by atoms with Crippen molar-refractivity contribution in [1.82, 2.24) is 0 Å². The van der Waals surface area contributed by atoms with Crippen LogP contribution in [0.2, 0.25) is 0 Å². The molecule has 0 aliphatic carbocycles. The highest BCUT2D eigenvalue weighted by Gasteiger charge is 2.25. The number of esters is 1. The van der Waals surface area contributed by atoms with Gasteiger partial charge in [-0.2, -0.15) is 0 Å². The monoisotopic (exact) mass is 334 g/mol. The number of carbonyl (C=O) groups excluding carboxylic acids is 1. The van der Waals surface area contributed by atoms with Gasteiger partial charge in [-0.15, -0.1) is 0 Å². The molecular weight excluding hydrogens is 323 g/mol. The van der Waals surface area contributed by atoms with E-state index in [9.17, 15) is 9.18 Å². The standard InChI is InChI=1S/C16H12BrFO2/c1-3-11(8-14(17)10(2)18)9-15-12-6-4-5-7-13(12)16(19)20-15/h3-9H,2H2,1H3/b11-3+,14-8+,15-9-. The lowest BCUT2D eigenvalue weighted by Gasteiger charge is -2.00. The van der Waals surface area contributed by atoms with Crippen molar-refractivity contribution in [3.63, 3.8) is 0 Å². The molecule has 20 heavy (non-hydrogen) atoms. The SMILES string of the molecule is C=C(F)\C(Br)=C/C(=C\C)/C=C1\OC(=O)c2ccccc21. The van der Waals surface area contributed by atoms with Crippen molar-refractivity contribution in [1.29, 1.82) is 0 Å². The van der Waals surface area contributed by atoms with Crippen LogP contribution >= 0.6 is 15.9 Å². The Hall–Kier alpha value is -1.94. The van der Waals surface area contributed by atoms with Gasteiger partial charge in [0.2, 0.25) is 0 Å². The third-order valence-corrected chi connectivity index (χ3v) is 3.46. The number of fused-ring (bicyclic) bond motifs is 1. The highest BCUT2D eigenvalue weighted by molar-refractivity contribution is 9.11. The number of allylic oxidation sites excluding steroid dienone is 6. The van der Waals surface area contributed by atoms with Crippen LogP contribution in [-0.2, 0) is 4.74 Å². The zero-order chi connectivity index (χ0) is 14.7. The van der Waals surface area contributed by atoms with E-state index >= 15 is 0 Å². The van der Waals surface area contributed by atoms with E-state index in [-0.39, 0.29) is 10.5 Å². The van der Waals surface area contributed by atoms with Crippen molar-refractivity contribution in [3.8, 4) is 0 Å². The number of rotatable bonds is 3. The van der Waals surface area contributed by atoms with Gasteiger partial charge >= 0.3 is 5.97 Å². The molecule has 2 rings (SSSR count). The second-order valence-corrected chi connectivity index (χ2v) is 4.98. The molecule has 0 saturated heterocycles. The molecule has 1 aliphatic rings. The van der Waals surface area contributed by atoms with Crippen LogP contribution in [0.4, 0.5) is 4.39 Å². The maximum absolute atomic E-state index is 13.0. The Morgan fingerprint density at radius 1 is 1.35 bits per heavy atom. The Bertz CT molecular complexity index is 669. The largest absolute Gasteiger partial charge is 0.422 e. The molecule has 4 heteroatoms. The zero-order valence-corrected chi connectivity index (χ0v) is 12.4. The van der Waals surface area contributed by atoms with E-state index in [0.29, 0.717) is 16.9 Å². The highest BCUT2D eigenvalue weighted by atomic mass is 79.9. The summed E-state index contributed by atoms with van der Waals surface area (Å²) in [4.78, 5) is 11.7. The summed E-state index contributed by atoms with van der Waals surface area (Å²) in [5.74, 6) is -0.480. The first-order chi connectivity index (χ1) is 9.52. The summed E-state index contributed by atoms with van der Waals surface area (Å²) in [5.41, 5.74) is 1.97. The number of ether oxygens (including phenoxy) is 1. The summed E-state index contributed by atoms with van der Waals surface area (Å²) < 4.78 is 18.4. The van der Waals surface area contributed by atoms with Crippen molar-refractivity contribution < 1.29 is 13.9 Å². The van der Waals surface area contributed by atoms with Gasteiger partial charge < -0.3 is 4.74 Å². The molecule has 0 unspecified atom stereocenters. The first kappa shape index (κ1) is 14.5. The van der Waals surface area contributed by atoms with Gasteiger partial charge in [-0.1, -0.05) is 30.9 Å². The number of carbonyl (C=O) groups is 1.